The molecule has 2 atom stereocenters. The lowest BCUT2D eigenvalue weighted by atomic mass is 9.80. The summed E-state index contributed by atoms with van der Waals surface area (Å²) in [6, 6.07) is 12.6. The van der Waals surface area contributed by atoms with Crippen molar-refractivity contribution in [2.75, 3.05) is 0 Å². The molecule has 2 rings (SSSR count). The van der Waals surface area contributed by atoms with Crippen LogP contribution in [0.2, 0.25) is 0 Å². The summed E-state index contributed by atoms with van der Waals surface area (Å²) < 4.78 is 0. The normalized spacial score (nSPS) is 14.4. The zero-order valence-electron chi connectivity index (χ0n) is 19.1. The van der Waals surface area contributed by atoms with E-state index in [0.29, 0.717) is 14.3 Å². The van der Waals surface area contributed by atoms with E-state index in [4.69, 9.17) is 0 Å². The third kappa shape index (κ3) is 5.62. The van der Waals surface area contributed by atoms with E-state index in [9.17, 15) is 10.2 Å². The molecule has 0 aliphatic rings. The van der Waals surface area contributed by atoms with Crippen LogP contribution in [-0.2, 0) is 17.2 Å². The van der Waals surface area contributed by atoms with E-state index in [1.165, 1.54) is 23.7 Å². The second kappa shape index (κ2) is 10.1. The zero-order chi connectivity index (χ0) is 21.7. The Labute approximate surface area is 179 Å². The molecule has 0 saturated carbocycles. The average Bonchev–Trinajstić information content (AvgIpc) is 2.69. The van der Waals surface area contributed by atoms with Gasteiger partial charge >= 0.3 is 0 Å². The lowest BCUT2D eigenvalue weighted by Crippen LogP contribution is -2.25. The Morgan fingerprint density at radius 2 is 1.69 bits per heavy atom. The van der Waals surface area contributed by atoms with Gasteiger partial charge in [-0.1, -0.05) is 98.9 Å². The molecule has 0 radical (unpaired) electrons. The molecule has 160 valence electrons. The van der Waals surface area contributed by atoms with Crippen molar-refractivity contribution in [3.05, 3.63) is 58.7 Å². The number of benzene rings is 2. The van der Waals surface area contributed by atoms with Crippen LogP contribution < -0.4 is 5.30 Å². The van der Waals surface area contributed by atoms with Gasteiger partial charge in [-0.3, -0.25) is 0 Å². The summed E-state index contributed by atoms with van der Waals surface area (Å²) in [7, 11) is 0.513. The summed E-state index contributed by atoms with van der Waals surface area (Å²) in [4.78, 5) is 0. The first-order valence-corrected chi connectivity index (χ1v) is 12.0. The molecular formula is C26H39O2P. The lowest BCUT2D eigenvalue weighted by molar-refractivity contribution is 0.283. The molecule has 0 spiro atoms. The number of phenols is 1. The van der Waals surface area contributed by atoms with Gasteiger partial charge in [-0.2, -0.15) is 0 Å². The van der Waals surface area contributed by atoms with Gasteiger partial charge in [-0.05, 0) is 47.2 Å². The maximum atomic E-state index is 11.2. The van der Waals surface area contributed by atoms with E-state index in [1.807, 2.05) is 19.1 Å². The highest BCUT2D eigenvalue weighted by Gasteiger charge is 2.35. The van der Waals surface area contributed by atoms with Crippen molar-refractivity contribution in [2.45, 2.75) is 90.8 Å². The van der Waals surface area contributed by atoms with Gasteiger partial charge in [0.25, 0.3) is 0 Å². The largest absolute Gasteiger partial charge is 0.507 e. The van der Waals surface area contributed by atoms with Crippen LogP contribution in [0, 0.1) is 6.92 Å². The summed E-state index contributed by atoms with van der Waals surface area (Å²) in [5, 5.41) is 22.1. The fourth-order valence-electron chi connectivity index (χ4n) is 4.01. The molecular weight excluding hydrogens is 375 g/mol. The van der Waals surface area contributed by atoms with Gasteiger partial charge in [-0.25, -0.2) is 0 Å². The van der Waals surface area contributed by atoms with E-state index < -0.39 is 0 Å². The Morgan fingerprint density at radius 3 is 2.28 bits per heavy atom. The first-order valence-electron chi connectivity index (χ1n) is 11.0. The minimum absolute atomic E-state index is 0.0300. The first-order chi connectivity index (χ1) is 13.7. The Morgan fingerprint density at radius 1 is 1.00 bits per heavy atom. The van der Waals surface area contributed by atoms with Crippen molar-refractivity contribution in [2.24, 2.45) is 0 Å². The minimum atomic E-state index is -0.115. The molecule has 29 heavy (non-hydrogen) atoms. The summed E-state index contributed by atoms with van der Waals surface area (Å²) >= 11 is 0. The van der Waals surface area contributed by atoms with Gasteiger partial charge in [-0.15, -0.1) is 0 Å². The van der Waals surface area contributed by atoms with Gasteiger partial charge in [0.2, 0.25) is 0 Å². The molecule has 2 aromatic carbocycles. The molecule has 0 aromatic heterocycles. The number of phenolic OH excluding ortho intramolecular Hbond substituents is 1. The zero-order valence-corrected chi connectivity index (χ0v) is 20.1. The fraction of sp³-hybridized carbons (Fsp3) is 0.538. The number of rotatable bonds is 9. The highest BCUT2D eigenvalue weighted by molar-refractivity contribution is 7.48. The molecule has 2 nitrogen and oxygen atoms in total. The van der Waals surface area contributed by atoms with E-state index in [-0.39, 0.29) is 17.2 Å². The summed E-state index contributed by atoms with van der Waals surface area (Å²) in [6.45, 7) is 13.3. The number of aryl methyl sites for hydroxylation is 1. The molecule has 0 saturated heterocycles. The second-order valence-electron chi connectivity index (χ2n) is 9.27. The molecule has 3 heteroatoms. The monoisotopic (exact) mass is 414 g/mol. The summed E-state index contributed by atoms with van der Waals surface area (Å²) in [6.07, 6.45) is 5.55. The van der Waals surface area contributed by atoms with Crippen molar-refractivity contribution in [1.82, 2.24) is 0 Å². The number of hydrogen-bond donors (Lipinski definition) is 2. The molecule has 0 aliphatic carbocycles. The first kappa shape index (κ1) is 23.9. The molecule has 2 unspecified atom stereocenters. The van der Waals surface area contributed by atoms with Gasteiger partial charge in [0.15, 0.2) is 0 Å². The van der Waals surface area contributed by atoms with Crippen molar-refractivity contribution in [1.29, 1.82) is 0 Å². The van der Waals surface area contributed by atoms with Crippen LogP contribution in [0.1, 0.15) is 89.0 Å². The van der Waals surface area contributed by atoms with Crippen LogP contribution in [-0.4, -0.2) is 10.2 Å². The predicted octanol–water partition coefficient (Wildman–Crippen LogP) is 6.68. The average molecular weight is 415 g/mol. The number of aromatic hydroxyl groups is 1. The van der Waals surface area contributed by atoms with E-state index in [2.05, 4.69) is 58.9 Å². The number of aliphatic hydroxyl groups is 1. The molecule has 0 heterocycles. The maximum Gasteiger partial charge on any atom is 0.122 e. The minimum Gasteiger partial charge on any atom is -0.507 e. The van der Waals surface area contributed by atoms with Gasteiger partial charge in [0.05, 0.1) is 6.61 Å². The van der Waals surface area contributed by atoms with Gasteiger partial charge < -0.3 is 10.2 Å². The van der Waals surface area contributed by atoms with Crippen LogP contribution >= 0.6 is 8.58 Å². The predicted molar refractivity (Wildman–Crippen MR) is 128 cm³/mol. The number of aliphatic hydroxyl groups excluding tert-OH is 1. The number of unbranched alkanes of at least 4 members (excludes halogenated alkanes) is 2. The number of hydrogen-bond acceptors (Lipinski definition) is 2. The van der Waals surface area contributed by atoms with Crippen LogP contribution in [0.4, 0.5) is 0 Å². The van der Waals surface area contributed by atoms with Crippen molar-refractivity contribution in [3.8, 4) is 5.75 Å². The Hall–Kier alpha value is -1.37. The molecule has 0 fully saturated rings. The molecule has 0 aliphatic heterocycles. The molecule has 0 amide bonds. The van der Waals surface area contributed by atoms with E-state index in [0.717, 1.165) is 36.0 Å². The third-order valence-corrected chi connectivity index (χ3v) is 8.16. The summed E-state index contributed by atoms with van der Waals surface area (Å²) in [5.74, 6) is 0.449. The van der Waals surface area contributed by atoms with E-state index >= 15 is 0 Å². The second-order valence-corrected chi connectivity index (χ2v) is 11.0. The SMILES string of the molecule is CCCCCC(CC)(Pc1ccccc1CO)c1cc(C(C)(C)C)cc(C)c1O. The van der Waals surface area contributed by atoms with Crippen molar-refractivity contribution < 1.29 is 10.2 Å². The lowest BCUT2D eigenvalue weighted by Gasteiger charge is -2.37. The van der Waals surface area contributed by atoms with E-state index in [1.54, 1.807) is 0 Å². The fourth-order valence-corrected chi connectivity index (χ4v) is 5.83. The van der Waals surface area contributed by atoms with Crippen LogP contribution in [0.5, 0.6) is 5.75 Å². The van der Waals surface area contributed by atoms with Gasteiger partial charge in [0.1, 0.15) is 5.75 Å². The highest BCUT2D eigenvalue weighted by Crippen LogP contribution is 2.52. The highest BCUT2D eigenvalue weighted by atomic mass is 31.1. The molecule has 0 bridgehead atoms. The molecule has 2 N–H and O–H groups in total. The van der Waals surface area contributed by atoms with Gasteiger partial charge in [0, 0.05) is 10.7 Å². The topological polar surface area (TPSA) is 40.5 Å². The molecule has 2 aromatic rings. The Balaban J connectivity index is 2.65. The van der Waals surface area contributed by atoms with Crippen LogP contribution in [0.25, 0.3) is 0 Å². The maximum absolute atomic E-state index is 11.2. The van der Waals surface area contributed by atoms with Crippen molar-refractivity contribution >= 4 is 13.9 Å². The smallest absolute Gasteiger partial charge is 0.122 e. The summed E-state index contributed by atoms with van der Waals surface area (Å²) in [5.41, 5.74) is 4.36. The quantitative estimate of drug-likeness (QED) is 0.355. The standard InChI is InChI=1S/C26H39O2P/c1-7-9-12-15-26(8-2,29-23-14-11-10-13-20(23)18-27)22-17-21(25(4,5)6)16-19(3)24(22)28/h10-11,13-14,16-17,27-29H,7-9,12,15,18H2,1-6H3. The Kier molecular flexibility index (Phi) is 8.32. The van der Waals surface area contributed by atoms with Crippen molar-refractivity contribution in [3.63, 3.8) is 0 Å². The van der Waals surface area contributed by atoms with Crippen LogP contribution in [0.3, 0.4) is 0 Å². The third-order valence-electron chi connectivity index (χ3n) is 6.05. The Bertz CT molecular complexity index is 807. The van der Waals surface area contributed by atoms with Crippen LogP contribution in [0.15, 0.2) is 36.4 Å².